The van der Waals surface area contributed by atoms with Crippen molar-refractivity contribution < 1.29 is 0 Å². The first-order chi connectivity index (χ1) is 9.17. The minimum atomic E-state index is 0.0302. The standard InChI is InChI=1S/C13H22N6/c1-4-10-9-13(19(5-2)17-10)12(15-14)8-11-6-7-18(3)16-11/h6-7,9,12,15H,4-5,8,14H2,1-3H3. The van der Waals surface area contributed by atoms with Gasteiger partial charge in [-0.3, -0.25) is 20.6 Å². The van der Waals surface area contributed by atoms with Crippen LogP contribution in [0.15, 0.2) is 18.3 Å². The van der Waals surface area contributed by atoms with E-state index in [1.807, 2.05) is 24.0 Å². The Kier molecular flexibility index (Phi) is 4.34. The van der Waals surface area contributed by atoms with Gasteiger partial charge in [0, 0.05) is 26.2 Å². The number of nitrogens with two attached hydrogens (primary N) is 1. The summed E-state index contributed by atoms with van der Waals surface area (Å²) in [5, 5.41) is 8.96. The highest BCUT2D eigenvalue weighted by molar-refractivity contribution is 5.17. The molecule has 0 radical (unpaired) electrons. The lowest BCUT2D eigenvalue weighted by molar-refractivity contribution is 0.484. The maximum Gasteiger partial charge on any atom is 0.0685 e. The summed E-state index contributed by atoms with van der Waals surface area (Å²) in [5.41, 5.74) is 6.11. The third-order valence-corrected chi connectivity index (χ3v) is 3.26. The molecule has 0 spiro atoms. The van der Waals surface area contributed by atoms with Crippen LogP contribution in [0, 0.1) is 0 Å². The number of hydrazine groups is 1. The van der Waals surface area contributed by atoms with Gasteiger partial charge in [-0.1, -0.05) is 6.92 Å². The van der Waals surface area contributed by atoms with E-state index in [4.69, 9.17) is 5.84 Å². The average molecular weight is 262 g/mol. The first-order valence-electron chi connectivity index (χ1n) is 6.69. The lowest BCUT2D eigenvalue weighted by Crippen LogP contribution is -2.31. The number of hydrogen-bond donors (Lipinski definition) is 2. The van der Waals surface area contributed by atoms with E-state index < -0.39 is 0 Å². The molecule has 1 atom stereocenters. The fourth-order valence-corrected chi connectivity index (χ4v) is 2.22. The minimum Gasteiger partial charge on any atom is -0.276 e. The van der Waals surface area contributed by atoms with Gasteiger partial charge in [0.15, 0.2) is 0 Å². The average Bonchev–Trinajstić information content (AvgIpc) is 3.01. The van der Waals surface area contributed by atoms with Crippen LogP contribution in [0.5, 0.6) is 0 Å². The summed E-state index contributed by atoms with van der Waals surface area (Å²) in [7, 11) is 1.92. The summed E-state index contributed by atoms with van der Waals surface area (Å²) in [5.74, 6) is 5.71. The van der Waals surface area contributed by atoms with Crippen molar-refractivity contribution >= 4 is 0 Å². The Bertz CT molecular complexity index is 527. The van der Waals surface area contributed by atoms with E-state index in [1.54, 1.807) is 4.68 Å². The van der Waals surface area contributed by atoms with Crippen molar-refractivity contribution in [1.29, 1.82) is 0 Å². The lowest BCUT2D eigenvalue weighted by atomic mass is 10.1. The number of rotatable bonds is 6. The number of nitrogens with one attached hydrogen (secondary N) is 1. The van der Waals surface area contributed by atoms with Crippen molar-refractivity contribution in [2.24, 2.45) is 12.9 Å². The zero-order chi connectivity index (χ0) is 13.8. The largest absolute Gasteiger partial charge is 0.276 e. The highest BCUT2D eigenvalue weighted by atomic mass is 15.3. The van der Waals surface area contributed by atoms with Crippen molar-refractivity contribution in [2.75, 3.05) is 0 Å². The Morgan fingerprint density at radius 1 is 1.32 bits per heavy atom. The Morgan fingerprint density at radius 2 is 2.11 bits per heavy atom. The van der Waals surface area contributed by atoms with Crippen LogP contribution in [-0.2, 0) is 26.4 Å². The second-order valence-corrected chi connectivity index (χ2v) is 4.63. The molecular formula is C13H22N6. The van der Waals surface area contributed by atoms with Crippen LogP contribution >= 0.6 is 0 Å². The molecule has 104 valence electrons. The van der Waals surface area contributed by atoms with Gasteiger partial charge < -0.3 is 0 Å². The topological polar surface area (TPSA) is 73.7 Å². The Hall–Kier alpha value is -1.66. The van der Waals surface area contributed by atoms with E-state index >= 15 is 0 Å². The molecule has 2 aromatic rings. The lowest BCUT2D eigenvalue weighted by Gasteiger charge is -2.15. The molecular weight excluding hydrogens is 240 g/mol. The fraction of sp³-hybridized carbons (Fsp3) is 0.538. The van der Waals surface area contributed by atoms with Crippen LogP contribution in [0.3, 0.4) is 0 Å². The molecule has 1 unspecified atom stereocenters. The van der Waals surface area contributed by atoms with Crippen molar-refractivity contribution in [2.45, 2.75) is 39.3 Å². The normalized spacial score (nSPS) is 12.8. The molecule has 0 aliphatic carbocycles. The zero-order valence-electron chi connectivity index (χ0n) is 11.8. The summed E-state index contributed by atoms with van der Waals surface area (Å²) in [4.78, 5) is 0. The first kappa shape index (κ1) is 13.8. The van der Waals surface area contributed by atoms with Gasteiger partial charge >= 0.3 is 0 Å². The van der Waals surface area contributed by atoms with Gasteiger partial charge in [-0.2, -0.15) is 10.2 Å². The minimum absolute atomic E-state index is 0.0302. The quantitative estimate of drug-likeness (QED) is 0.600. The van der Waals surface area contributed by atoms with Crippen molar-refractivity contribution in [3.05, 3.63) is 35.4 Å². The zero-order valence-corrected chi connectivity index (χ0v) is 11.8. The molecule has 3 N–H and O–H groups in total. The van der Waals surface area contributed by atoms with Gasteiger partial charge in [-0.25, -0.2) is 0 Å². The Labute approximate surface area is 113 Å². The predicted molar refractivity (Wildman–Crippen MR) is 74.3 cm³/mol. The second kappa shape index (κ2) is 5.99. The van der Waals surface area contributed by atoms with Gasteiger partial charge in [0.05, 0.1) is 23.1 Å². The van der Waals surface area contributed by atoms with E-state index in [0.29, 0.717) is 0 Å². The summed E-state index contributed by atoms with van der Waals surface area (Å²) < 4.78 is 3.81. The van der Waals surface area contributed by atoms with E-state index in [0.717, 1.165) is 36.5 Å². The molecule has 0 saturated heterocycles. The van der Waals surface area contributed by atoms with Crippen molar-refractivity contribution in [3.63, 3.8) is 0 Å². The molecule has 6 heteroatoms. The van der Waals surface area contributed by atoms with Gasteiger partial charge in [0.1, 0.15) is 0 Å². The highest BCUT2D eigenvalue weighted by Gasteiger charge is 2.17. The molecule has 0 aliphatic rings. The molecule has 2 aromatic heterocycles. The third kappa shape index (κ3) is 3.02. The highest BCUT2D eigenvalue weighted by Crippen LogP contribution is 2.18. The molecule has 2 rings (SSSR count). The molecule has 0 aliphatic heterocycles. The molecule has 2 heterocycles. The molecule has 0 aromatic carbocycles. The molecule has 6 nitrogen and oxygen atoms in total. The van der Waals surface area contributed by atoms with Crippen LogP contribution in [0.1, 0.15) is 37.0 Å². The van der Waals surface area contributed by atoms with Gasteiger partial charge in [-0.05, 0) is 25.5 Å². The number of aryl methyl sites for hydroxylation is 3. The Morgan fingerprint density at radius 3 is 2.63 bits per heavy atom. The number of hydrogen-bond acceptors (Lipinski definition) is 4. The third-order valence-electron chi connectivity index (χ3n) is 3.26. The molecule has 0 saturated carbocycles. The van der Waals surface area contributed by atoms with E-state index in [9.17, 15) is 0 Å². The van der Waals surface area contributed by atoms with Crippen LogP contribution in [0.4, 0.5) is 0 Å². The summed E-state index contributed by atoms with van der Waals surface area (Å²) in [6.07, 6.45) is 3.63. The van der Waals surface area contributed by atoms with E-state index in [1.165, 1.54) is 0 Å². The first-order valence-corrected chi connectivity index (χ1v) is 6.69. The van der Waals surface area contributed by atoms with Crippen LogP contribution in [0.25, 0.3) is 0 Å². The maximum absolute atomic E-state index is 5.71. The van der Waals surface area contributed by atoms with Crippen LogP contribution in [-0.4, -0.2) is 19.6 Å². The Balaban J connectivity index is 2.23. The van der Waals surface area contributed by atoms with Gasteiger partial charge in [0.25, 0.3) is 0 Å². The second-order valence-electron chi connectivity index (χ2n) is 4.63. The molecule has 0 amide bonds. The maximum atomic E-state index is 5.71. The summed E-state index contributed by atoms with van der Waals surface area (Å²) >= 11 is 0. The van der Waals surface area contributed by atoms with E-state index in [2.05, 4.69) is 35.5 Å². The number of nitrogens with zero attached hydrogens (tertiary/aromatic N) is 4. The van der Waals surface area contributed by atoms with Crippen molar-refractivity contribution in [1.82, 2.24) is 25.0 Å². The molecule has 19 heavy (non-hydrogen) atoms. The molecule has 0 fully saturated rings. The molecule has 0 bridgehead atoms. The van der Waals surface area contributed by atoms with Gasteiger partial charge in [0.2, 0.25) is 0 Å². The SMILES string of the molecule is CCc1cc(C(Cc2ccn(C)n2)NN)n(CC)n1. The van der Waals surface area contributed by atoms with Crippen LogP contribution in [0.2, 0.25) is 0 Å². The van der Waals surface area contributed by atoms with E-state index in [-0.39, 0.29) is 6.04 Å². The van der Waals surface area contributed by atoms with Crippen molar-refractivity contribution in [3.8, 4) is 0 Å². The summed E-state index contributed by atoms with van der Waals surface area (Å²) in [6.45, 7) is 5.04. The smallest absolute Gasteiger partial charge is 0.0685 e. The van der Waals surface area contributed by atoms with Gasteiger partial charge in [-0.15, -0.1) is 0 Å². The number of aromatic nitrogens is 4. The fourth-order valence-electron chi connectivity index (χ4n) is 2.22. The predicted octanol–water partition coefficient (Wildman–Crippen LogP) is 0.946. The monoisotopic (exact) mass is 262 g/mol. The summed E-state index contributed by atoms with van der Waals surface area (Å²) in [6, 6.07) is 4.16. The van der Waals surface area contributed by atoms with Crippen LogP contribution < -0.4 is 11.3 Å².